The lowest BCUT2D eigenvalue weighted by atomic mass is 9.38. The maximum Gasteiger partial charge on any atom is 0.0644 e. The van der Waals surface area contributed by atoms with E-state index in [2.05, 4.69) is 13.0 Å². The Morgan fingerprint density at radius 2 is 1.94 bits per heavy atom. The minimum Gasteiger partial charge on any atom is -0.396 e. The monoisotopic (exact) mass is 252 g/mol. The Hall–Kier alpha value is -0.380. The van der Waals surface area contributed by atoms with E-state index in [-0.39, 0.29) is 25.2 Å². The zero-order valence-corrected chi connectivity index (χ0v) is 11.1. The van der Waals surface area contributed by atoms with Crippen LogP contribution in [0.4, 0.5) is 0 Å². The molecule has 4 unspecified atom stereocenters. The molecule has 0 amide bonds. The van der Waals surface area contributed by atoms with Crippen molar-refractivity contribution in [1.29, 1.82) is 0 Å². The highest BCUT2D eigenvalue weighted by atomic mass is 16.3. The van der Waals surface area contributed by atoms with E-state index in [9.17, 15) is 15.3 Å². The third-order valence-electron chi connectivity index (χ3n) is 6.29. The van der Waals surface area contributed by atoms with Gasteiger partial charge in [-0.3, -0.25) is 0 Å². The average molecular weight is 252 g/mol. The van der Waals surface area contributed by atoms with Gasteiger partial charge in [0, 0.05) is 5.41 Å². The topological polar surface area (TPSA) is 60.7 Å². The molecule has 3 heteroatoms. The van der Waals surface area contributed by atoms with Crippen LogP contribution < -0.4 is 0 Å². The van der Waals surface area contributed by atoms with E-state index in [4.69, 9.17) is 0 Å². The molecule has 2 fully saturated rings. The van der Waals surface area contributed by atoms with E-state index in [1.165, 1.54) is 0 Å². The highest BCUT2D eigenvalue weighted by Gasteiger charge is 2.67. The van der Waals surface area contributed by atoms with Gasteiger partial charge in [0.05, 0.1) is 19.8 Å². The molecule has 18 heavy (non-hydrogen) atoms. The molecule has 102 valence electrons. The molecule has 3 nitrogen and oxygen atoms in total. The van der Waals surface area contributed by atoms with Gasteiger partial charge in [0.2, 0.25) is 0 Å². The third kappa shape index (κ3) is 1.30. The van der Waals surface area contributed by atoms with Crippen LogP contribution >= 0.6 is 0 Å². The molecule has 0 aromatic heterocycles. The summed E-state index contributed by atoms with van der Waals surface area (Å²) in [5.74, 6) is 1.33. The summed E-state index contributed by atoms with van der Waals surface area (Å²) in [6.07, 6.45) is 6.37. The summed E-state index contributed by atoms with van der Waals surface area (Å²) in [7, 11) is 0. The van der Waals surface area contributed by atoms with Crippen LogP contribution in [0.15, 0.2) is 11.6 Å². The molecule has 4 atom stereocenters. The molecule has 0 aromatic rings. The van der Waals surface area contributed by atoms with Gasteiger partial charge >= 0.3 is 0 Å². The van der Waals surface area contributed by atoms with Gasteiger partial charge in [-0.15, -0.1) is 0 Å². The molecule has 3 N–H and O–H groups in total. The second-order valence-corrected chi connectivity index (χ2v) is 6.82. The molecule has 0 spiro atoms. The predicted molar refractivity (Wildman–Crippen MR) is 68.8 cm³/mol. The van der Waals surface area contributed by atoms with Crippen molar-refractivity contribution in [3.8, 4) is 0 Å². The van der Waals surface area contributed by atoms with Crippen LogP contribution in [0.5, 0.6) is 0 Å². The van der Waals surface area contributed by atoms with Gasteiger partial charge in [0.1, 0.15) is 0 Å². The van der Waals surface area contributed by atoms with E-state index in [1.807, 2.05) is 0 Å². The van der Waals surface area contributed by atoms with Crippen molar-refractivity contribution in [2.75, 3.05) is 19.8 Å². The van der Waals surface area contributed by atoms with Gasteiger partial charge < -0.3 is 15.3 Å². The van der Waals surface area contributed by atoms with Crippen LogP contribution in [0.25, 0.3) is 0 Å². The summed E-state index contributed by atoms with van der Waals surface area (Å²) in [6.45, 7) is 2.63. The van der Waals surface area contributed by atoms with E-state index < -0.39 is 0 Å². The van der Waals surface area contributed by atoms with Crippen molar-refractivity contribution in [2.24, 2.45) is 28.6 Å². The largest absolute Gasteiger partial charge is 0.396 e. The molecule has 0 aliphatic heterocycles. The van der Waals surface area contributed by atoms with Crippen LogP contribution in [-0.4, -0.2) is 35.1 Å². The van der Waals surface area contributed by atoms with Crippen molar-refractivity contribution in [2.45, 2.75) is 32.6 Å². The SMILES string of the molecule is CC12CCCC(CO)(CO)C3C1CC=C(CO)C32. The first-order chi connectivity index (χ1) is 8.63. The zero-order chi connectivity index (χ0) is 13.0. The van der Waals surface area contributed by atoms with Crippen molar-refractivity contribution >= 4 is 0 Å². The molecule has 2 saturated carbocycles. The molecule has 3 aliphatic carbocycles. The zero-order valence-electron chi connectivity index (χ0n) is 11.1. The first-order valence-corrected chi connectivity index (χ1v) is 7.14. The lowest BCUT2D eigenvalue weighted by Crippen LogP contribution is -2.63. The normalized spacial score (nSPS) is 44.9. The fourth-order valence-corrected chi connectivity index (χ4v) is 5.33. The lowest BCUT2D eigenvalue weighted by Gasteiger charge is -2.66. The molecule has 0 saturated heterocycles. The Labute approximate surface area is 109 Å². The quantitative estimate of drug-likeness (QED) is 0.664. The number of aliphatic hydroxyl groups excluding tert-OH is 3. The lowest BCUT2D eigenvalue weighted by molar-refractivity contribution is -0.173. The molecule has 0 aromatic carbocycles. The van der Waals surface area contributed by atoms with Gasteiger partial charge in [-0.25, -0.2) is 0 Å². The van der Waals surface area contributed by atoms with E-state index in [1.54, 1.807) is 0 Å². The van der Waals surface area contributed by atoms with E-state index in [0.717, 1.165) is 31.3 Å². The van der Waals surface area contributed by atoms with Crippen LogP contribution in [0.2, 0.25) is 0 Å². The number of hydrogen-bond acceptors (Lipinski definition) is 3. The maximum atomic E-state index is 9.82. The van der Waals surface area contributed by atoms with Crippen LogP contribution in [0, 0.1) is 28.6 Å². The smallest absolute Gasteiger partial charge is 0.0644 e. The van der Waals surface area contributed by atoms with Gasteiger partial charge in [-0.05, 0) is 48.0 Å². The average Bonchev–Trinajstić information content (AvgIpc) is 2.64. The van der Waals surface area contributed by atoms with Gasteiger partial charge in [0.15, 0.2) is 0 Å². The maximum absolute atomic E-state index is 9.82. The van der Waals surface area contributed by atoms with Gasteiger partial charge in [-0.2, -0.15) is 0 Å². The summed E-state index contributed by atoms with van der Waals surface area (Å²) in [6, 6.07) is 0. The summed E-state index contributed by atoms with van der Waals surface area (Å²) >= 11 is 0. The first kappa shape index (κ1) is 12.6. The highest BCUT2D eigenvalue weighted by molar-refractivity contribution is 5.30. The Morgan fingerprint density at radius 3 is 2.56 bits per heavy atom. The fourth-order valence-electron chi connectivity index (χ4n) is 5.33. The molecular formula is C15H24O3. The molecule has 4 bridgehead atoms. The summed E-state index contributed by atoms with van der Waals surface area (Å²) in [5.41, 5.74) is 1.13. The van der Waals surface area contributed by atoms with Gasteiger partial charge in [0.25, 0.3) is 0 Å². The number of hydrogen-bond donors (Lipinski definition) is 3. The first-order valence-electron chi connectivity index (χ1n) is 7.14. The van der Waals surface area contributed by atoms with Crippen molar-refractivity contribution in [1.82, 2.24) is 0 Å². The van der Waals surface area contributed by atoms with Crippen LogP contribution in [0.1, 0.15) is 32.6 Å². The standard InChI is InChI=1S/C15H24O3/c1-14-5-2-6-15(8-17,9-18)13-11(14)4-3-10(7-16)12(13)14/h3,11-13,16-18H,2,4-9H2,1H3. The molecular weight excluding hydrogens is 228 g/mol. The second kappa shape index (κ2) is 4.06. The number of aliphatic hydroxyl groups is 3. The summed E-state index contributed by atoms with van der Waals surface area (Å²) < 4.78 is 0. The molecule has 3 rings (SSSR count). The third-order valence-corrected chi connectivity index (χ3v) is 6.29. The fraction of sp³-hybridized carbons (Fsp3) is 0.867. The van der Waals surface area contributed by atoms with Gasteiger partial charge in [-0.1, -0.05) is 19.4 Å². The Bertz CT molecular complexity index is 372. The number of fused-ring (bicyclic) bond motifs is 1. The molecule has 0 heterocycles. The Morgan fingerprint density at radius 1 is 1.22 bits per heavy atom. The van der Waals surface area contributed by atoms with Crippen molar-refractivity contribution < 1.29 is 15.3 Å². The second-order valence-electron chi connectivity index (χ2n) is 6.82. The van der Waals surface area contributed by atoms with Crippen LogP contribution in [0.3, 0.4) is 0 Å². The minimum atomic E-state index is -0.319. The van der Waals surface area contributed by atoms with Crippen LogP contribution in [-0.2, 0) is 0 Å². The van der Waals surface area contributed by atoms with Crippen molar-refractivity contribution in [3.63, 3.8) is 0 Å². The van der Waals surface area contributed by atoms with Crippen molar-refractivity contribution in [3.05, 3.63) is 11.6 Å². The van der Waals surface area contributed by atoms with E-state index >= 15 is 0 Å². The minimum absolute atomic E-state index is 0.0793. The summed E-state index contributed by atoms with van der Waals surface area (Å²) in [5, 5.41) is 29.2. The Balaban J connectivity index is 2.03. The number of allylic oxidation sites excluding steroid dienone is 1. The Kier molecular flexibility index (Phi) is 2.85. The molecule has 3 aliphatic rings. The van der Waals surface area contributed by atoms with E-state index in [0.29, 0.717) is 23.2 Å². The number of rotatable bonds is 3. The predicted octanol–water partition coefficient (Wildman–Crippen LogP) is 1.33. The summed E-state index contributed by atoms with van der Waals surface area (Å²) in [4.78, 5) is 0. The molecule has 0 radical (unpaired) electrons. The highest BCUT2D eigenvalue weighted by Crippen LogP contribution is 2.72.